The largest absolute Gasteiger partial charge is 0.471 e. The number of hydrogen-bond donors (Lipinski definition) is 1. The zero-order valence-corrected chi connectivity index (χ0v) is 19.6. The highest BCUT2D eigenvalue weighted by Crippen LogP contribution is 2.30. The summed E-state index contributed by atoms with van der Waals surface area (Å²) >= 11 is 6.17. The van der Waals surface area contributed by atoms with Gasteiger partial charge in [-0.05, 0) is 60.9 Å². The minimum Gasteiger partial charge on any atom is -0.471 e. The first kappa shape index (κ1) is 24.3. The Bertz CT molecular complexity index is 1340. The number of carbonyl (C=O) groups is 1. The Kier molecular flexibility index (Phi) is 6.83. The van der Waals surface area contributed by atoms with E-state index in [1.807, 2.05) is 26.0 Å². The molecule has 2 aromatic carbocycles. The molecular formula is C24H21ClF3N5O2. The van der Waals surface area contributed by atoms with Crippen molar-refractivity contribution in [1.29, 1.82) is 0 Å². The molecule has 35 heavy (non-hydrogen) atoms. The first-order chi connectivity index (χ1) is 16.6. The van der Waals surface area contributed by atoms with Crippen molar-refractivity contribution < 1.29 is 22.7 Å². The van der Waals surface area contributed by atoms with Gasteiger partial charge in [0.15, 0.2) is 12.4 Å². The van der Waals surface area contributed by atoms with Crippen molar-refractivity contribution in [3.05, 3.63) is 94.0 Å². The van der Waals surface area contributed by atoms with Gasteiger partial charge in [0.1, 0.15) is 5.75 Å². The van der Waals surface area contributed by atoms with E-state index < -0.39 is 17.6 Å². The highest BCUT2D eigenvalue weighted by Gasteiger charge is 2.30. The second kappa shape index (κ2) is 9.83. The number of anilines is 1. The van der Waals surface area contributed by atoms with Gasteiger partial charge in [0.25, 0.3) is 5.91 Å². The Morgan fingerprint density at radius 2 is 1.86 bits per heavy atom. The molecule has 11 heteroatoms. The van der Waals surface area contributed by atoms with Gasteiger partial charge in [-0.1, -0.05) is 23.7 Å². The number of aryl methyl sites for hydroxylation is 2. The molecule has 7 nitrogen and oxygen atoms in total. The van der Waals surface area contributed by atoms with Crippen molar-refractivity contribution in [2.45, 2.75) is 33.3 Å². The summed E-state index contributed by atoms with van der Waals surface area (Å²) < 4.78 is 47.4. The molecule has 4 aromatic rings. The van der Waals surface area contributed by atoms with Gasteiger partial charge in [0, 0.05) is 17.4 Å². The van der Waals surface area contributed by atoms with E-state index in [-0.39, 0.29) is 19.0 Å². The molecule has 0 unspecified atom stereocenters. The average molecular weight is 504 g/mol. The fourth-order valence-corrected chi connectivity index (χ4v) is 3.54. The van der Waals surface area contributed by atoms with Crippen LogP contribution in [0.3, 0.4) is 0 Å². The van der Waals surface area contributed by atoms with Crippen molar-refractivity contribution >= 4 is 23.2 Å². The number of hydrogen-bond acceptors (Lipinski definition) is 4. The minimum absolute atomic E-state index is 0.0999. The highest BCUT2D eigenvalue weighted by atomic mass is 35.5. The molecule has 182 valence electrons. The number of nitrogens with zero attached hydrogens (tertiary/aromatic N) is 4. The minimum atomic E-state index is -4.42. The Hall–Kier alpha value is -3.79. The van der Waals surface area contributed by atoms with Crippen molar-refractivity contribution in [2.75, 3.05) is 5.32 Å². The molecular weight excluding hydrogens is 483 g/mol. The summed E-state index contributed by atoms with van der Waals surface area (Å²) in [4.78, 5) is 12.5. The number of benzene rings is 2. The van der Waals surface area contributed by atoms with Crippen molar-refractivity contribution in [1.82, 2.24) is 19.6 Å². The maximum atomic E-state index is 12.9. The van der Waals surface area contributed by atoms with E-state index in [0.29, 0.717) is 22.0 Å². The molecule has 0 aliphatic carbocycles. The van der Waals surface area contributed by atoms with Crippen LogP contribution in [0.5, 0.6) is 5.75 Å². The molecule has 0 radical (unpaired) electrons. The van der Waals surface area contributed by atoms with Gasteiger partial charge >= 0.3 is 6.18 Å². The van der Waals surface area contributed by atoms with Gasteiger partial charge in [-0.2, -0.15) is 23.4 Å². The Morgan fingerprint density at radius 1 is 1.11 bits per heavy atom. The summed E-state index contributed by atoms with van der Waals surface area (Å²) in [5, 5.41) is 11.7. The van der Waals surface area contributed by atoms with E-state index in [0.717, 1.165) is 23.3 Å². The Morgan fingerprint density at radius 3 is 2.57 bits per heavy atom. The molecule has 1 N–H and O–H groups in total. The molecule has 2 aromatic heterocycles. The number of aromatic nitrogens is 4. The maximum absolute atomic E-state index is 12.9. The number of carbonyl (C=O) groups excluding carboxylic acids is 1. The van der Waals surface area contributed by atoms with Crippen molar-refractivity contribution in [3.8, 4) is 5.75 Å². The number of alkyl halides is 3. The third-order valence-corrected chi connectivity index (χ3v) is 5.73. The van der Waals surface area contributed by atoms with Crippen LogP contribution in [0.15, 0.2) is 61.1 Å². The third-order valence-electron chi connectivity index (χ3n) is 5.14. The number of halogens is 4. The number of rotatable bonds is 7. The summed E-state index contributed by atoms with van der Waals surface area (Å²) in [6, 6.07) is 10.2. The molecule has 0 fully saturated rings. The van der Waals surface area contributed by atoms with Crippen LogP contribution in [-0.2, 0) is 19.5 Å². The molecule has 0 aliphatic rings. The monoisotopic (exact) mass is 503 g/mol. The average Bonchev–Trinajstić information content (AvgIpc) is 3.45. The first-order valence-electron chi connectivity index (χ1n) is 10.5. The maximum Gasteiger partial charge on any atom is 0.416 e. The highest BCUT2D eigenvalue weighted by molar-refractivity contribution is 6.32. The third kappa shape index (κ3) is 6.02. The summed E-state index contributed by atoms with van der Waals surface area (Å²) in [5.74, 6) is 0.180. The summed E-state index contributed by atoms with van der Waals surface area (Å²) in [6.45, 7) is 4.00. The predicted molar refractivity (Wildman–Crippen MR) is 125 cm³/mol. The summed E-state index contributed by atoms with van der Waals surface area (Å²) in [7, 11) is 0. The van der Waals surface area contributed by atoms with E-state index in [4.69, 9.17) is 16.3 Å². The number of ether oxygens (including phenoxy) is 1. The molecule has 0 saturated heterocycles. The summed E-state index contributed by atoms with van der Waals surface area (Å²) in [5.41, 5.74) is 2.07. The van der Waals surface area contributed by atoms with Crippen LogP contribution in [0.25, 0.3) is 0 Å². The molecule has 0 saturated carbocycles. The molecule has 1 amide bonds. The van der Waals surface area contributed by atoms with E-state index >= 15 is 0 Å². The standard InChI is InChI=1S/C24H21ClF3N5O2/c1-15-8-20(9-16(2)22(15)25)35-14-32-7-6-21(31-32)23(34)30-19-11-29-33(13-19)12-17-4-3-5-18(10-17)24(26,27)28/h3-11,13H,12,14H2,1-2H3,(H,30,34). The lowest BCUT2D eigenvalue weighted by Gasteiger charge is -2.10. The van der Waals surface area contributed by atoms with Crippen LogP contribution in [-0.4, -0.2) is 25.5 Å². The Balaban J connectivity index is 1.35. The van der Waals surface area contributed by atoms with Gasteiger partial charge in [-0.25, -0.2) is 4.68 Å². The smallest absolute Gasteiger partial charge is 0.416 e. The zero-order chi connectivity index (χ0) is 25.2. The van der Waals surface area contributed by atoms with E-state index in [9.17, 15) is 18.0 Å². The second-order valence-corrected chi connectivity index (χ2v) is 8.34. The molecule has 0 spiro atoms. The molecule has 2 heterocycles. The molecule has 4 rings (SSSR count). The fourth-order valence-electron chi connectivity index (χ4n) is 3.43. The van der Waals surface area contributed by atoms with Gasteiger partial charge in [-0.15, -0.1) is 0 Å². The normalized spacial score (nSPS) is 11.5. The lowest BCUT2D eigenvalue weighted by molar-refractivity contribution is -0.137. The molecule has 0 atom stereocenters. The quantitative estimate of drug-likeness (QED) is 0.351. The Labute approximate surface area is 204 Å². The van der Waals surface area contributed by atoms with E-state index in [2.05, 4.69) is 15.5 Å². The lowest BCUT2D eigenvalue weighted by Crippen LogP contribution is -2.14. The van der Waals surface area contributed by atoms with Crippen molar-refractivity contribution in [2.24, 2.45) is 0 Å². The van der Waals surface area contributed by atoms with E-state index in [1.54, 1.807) is 18.3 Å². The van der Waals surface area contributed by atoms with Crippen LogP contribution < -0.4 is 10.1 Å². The zero-order valence-electron chi connectivity index (χ0n) is 18.8. The predicted octanol–water partition coefficient (Wildman–Crippen LogP) is 5.71. The van der Waals surface area contributed by atoms with Crippen LogP contribution in [0, 0.1) is 13.8 Å². The fraction of sp³-hybridized carbons (Fsp3) is 0.208. The van der Waals surface area contributed by atoms with Crippen LogP contribution in [0.4, 0.5) is 18.9 Å². The van der Waals surface area contributed by atoms with Gasteiger partial charge < -0.3 is 10.1 Å². The van der Waals surface area contributed by atoms with Crippen molar-refractivity contribution in [3.63, 3.8) is 0 Å². The van der Waals surface area contributed by atoms with Gasteiger partial charge in [0.05, 0.1) is 24.0 Å². The van der Waals surface area contributed by atoms with Gasteiger partial charge in [-0.3, -0.25) is 9.48 Å². The molecule has 0 bridgehead atoms. The van der Waals surface area contributed by atoms with Crippen LogP contribution in [0.1, 0.15) is 32.7 Å². The topological polar surface area (TPSA) is 74.0 Å². The van der Waals surface area contributed by atoms with Crippen LogP contribution in [0.2, 0.25) is 5.02 Å². The number of amides is 1. The van der Waals surface area contributed by atoms with Crippen LogP contribution >= 0.6 is 11.6 Å². The number of nitrogens with one attached hydrogen (secondary N) is 1. The SMILES string of the molecule is Cc1cc(OCn2ccc(C(=O)Nc3cnn(Cc4cccc(C(F)(F)F)c4)c3)n2)cc(C)c1Cl. The first-order valence-corrected chi connectivity index (χ1v) is 10.9. The summed E-state index contributed by atoms with van der Waals surface area (Å²) in [6.07, 6.45) is 0.141. The van der Waals surface area contributed by atoms with Gasteiger partial charge in [0.2, 0.25) is 0 Å². The second-order valence-electron chi connectivity index (χ2n) is 7.96. The van der Waals surface area contributed by atoms with E-state index in [1.165, 1.54) is 27.8 Å². The lowest BCUT2D eigenvalue weighted by atomic mass is 10.1. The molecule has 0 aliphatic heterocycles.